The van der Waals surface area contributed by atoms with Gasteiger partial charge in [-0.3, -0.25) is 0 Å². The van der Waals surface area contributed by atoms with E-state index in [0.29, 0.717) is 13.0 Å². The van der Waals surface area contributed by atoms with E-state index in [1.165, 1.54) is 4.88 Å². The molecule has 0 atom stereocenters. The number of halogens is 2. The molecule has 1 N–H and O–H groups in total. The van der Waals surface area contributed by atoms with Gasteiger partial charge < -0.3 is 10.1 Å². The molecule has 6 heteroatoms. The molecule has 0 radical (unpaired) electrons. The van der Waals surface area contributed by atoms with Crippen molar-refractivity contribution in [2.75, 3.05) is 13.2 Å². The molecule has 0 saturated heterocycles. The fourth-order valence-corrected chi connectivity index (χ4v) is 2.43. The van der Waals surface area contributed by atoms with E-state index in [9.17, 15) is 8.78 Å². The topological polar surface area (TPSA) is 34.1 Å². The molecule has 110 valence electrons. The highest BCUT2D eigenvalue weighted by molar-refractivity contribution is 7.11. The van der Waals surface area contributed by atoms with Crippen LogP contribution in [0.5, 0.6) is 0 Å². The van der Waals surface area contributed by atoms with Crippen molar-refractivity contribution in [3.05, 3.63) is 15.6 Å². The van der Waals surface area contributed by atoms with E-state index in [4.69, 9.17) is 4.74 Å². The predicted molar refractivity (Wildman–Crippen MR) is 74.0 cm³/mol. The van der Waals surface area contributed by atoms with Crippen molar-refractivity contribution in [1.29, 1.82) is 0 Å². The lowest BCUT2D eigenvalue weighted by Gasteiger charge is -2.19. The van der Waals surface area contributed by atoms with Crippen LogP contribution in [-0.2, 0) is 17.7 Å². The van der Waals surface area contributed by atoms with Crippen LogP contribution in [0.2, 0.25) is 0 Å². The molecule has 0 aromatic carbocycles. The summed E-state index contributed by atoms with van der Waals surface area (Å²) in [5.74, 6) is 0. The average molecular weight is 292 g/mol. The lowest BCUT2D eigenvalue weighted by Crippen LogP contribution is -2.34. The molecule has 1 aromatic heterocycles. The Labute approximate surface area is 117 Å². The van der Waals surface area contributed by atoms with Crippen LogP contribution in [0.4, 0.5) is 8.78 Å². The van der Waals surface area contributed by atoms with E-state index in [1.807, 2.05) is 6.92 Å². The molecule has 1 rings (SSSR count). The van der Waals surface area contributed by atoms with Gasteiger partial charge in [-0.25, -0.2) is 13.8 Å². The molecule has 0 spiro atoms. The van der Waals surface area contributed by atoms with Crippen molar-refractivity contribution < 1.29 is 13.5 Å². The first-order valence-electron chi connectivity index (χ1n) is 6.34. The van der Waals surface area contributed by atoms with Gasteiger partial charge in [0.05, 0.1) is 17.3 Å². The fourth-order valence-electron chi connectivity index (χ4n) is 1.44. The van der Waals surface area contributed by atoms with Crippen LogP contribution < -0.4 is 5.32 Å². The van der Waals surface area contributed by atoms with E-state index in [-0.39, 0.29) is 5.54 Å². The number of nitrogens with zero attached hydrogens (tertiary/aromatic N) is 1. The molecule has 0 aliphatic carbocycles. The normalized spacial score (nSPS) is 12.4. The Morgan fingerprint density at radius 2 is 2.05 bits per heavy atom. The first-order valence-corrected chi connectivity index (χ1v) is 7.15. The summed E-state index contributed by atoms with van der Waals surface area (Å²) < 4.78 is 28.7. The van der Waals surface area contributed by atoms with Gasteiger partial charge in [-0.15, -0.1) is 11.3 Å². The molecule has 1 heterocycles. The maximum Gasteiger partial charge on any atom is 0.261 e. The van der Waals surface area contributed by atoms with E-state index in [0.717, 1.165) is 17.2 Å². The Morgan fingerprint density at radius 3 is 2.63 bits per heavy atom. The first-order chi connectivity index (χ1) is 8.78. The Balaban J connectivity index is 2.41. The third-order valence-corrected chi connectivity index (χ3v) is 3.64. The quantitative estimate of drug-likeness (QED) is 0.784. The molecule has 0 bridgehead atoms. The van der Waals surface area contributed by atoms with Gasteiger partial charge in [0.15, 0.2) is 0 Å². The summed E-state index contributed by atoms with van der Waals surface area (Å²) in [6.45, 7) is 8.89. The summed E-state index contributed by atoms with van der Waals surface area (Å²) >= 11 is 1.62. The zero-order valence-electron chi connectivity index (χ0n) is 11.9. The lowest BCUT2D eigenvalue weighted by molar-refractivity contribution is 0.0187. The van der Waals surface area contributed by atoms with Crippen molar-refractivity contribution in [3.63, 3.8) is 0 Å². The maximum atomic E-state index is 11.9. The number of hydrogen-bond acceptors (Lipinski definition) is 4. The Hall–Kier alpha value is -0.590. The summed E-state index contributed by atoms with van der Waals surface area (Å²) in [6.07, 6.45) is -1.81. The van der Waals surface area contributed by atoms with E-state index >= 15 is 0 Å². The number of thiazole rings is 1. The smallest absolute Gasteiger partial charge is 0.261 e. The third-order valence-electron chi connectivity index (χ3n) is 2.42. The molecule has 1 aromatic rings. The number of aryl methyl sites for hydroxylation is 1. The molecule has 0 unspecified atom stereocenters. The van der Waals surface area contributed by atoms with Crippen molar-refractivity contribution in [1.82, 2.24) is 10.3 Å². The number of aromatic nitrogens is 1. The zero-order valence-corrected chi connectivity index (χ0v) is 12.7. The molecule has 0 saturated carbocycles. The van der Waals surface area contributed by atoms with Gasteiger partial charge in [0.25, 0.3) is 6.43 Å². The largest absolute Gasteiger partial charge is 0.375 e. The zero-order chi connectivity index (χ0) is 14.5. The standard InChI is InChI=1S/C13H22F2N2OS/c1-9-10(7-16-13(2,3)4)19-12(17-9)5-6-18-8-11(14)15/h11,16H,5-8H2,1-4H3. The van der Waals surface area contributed by atoms with Crippen LogP contribution in [0.25, 0.3) is 0 Å². The summed E-state index contributed by atoms with van der Waals surface area (Å²) in [4.78, 5) is 5.63. The minimum Gasteiger partial charge on any atom is -0.375 e. The van der Waals surface area contributed by atoms with E-state index in [1.54, 1.807) is 11.3 Å². The molecular weight excluding hydrogens is 270 g/mol. The van der Waals surface area contributed by atoms with E-state index in [2.05, 4.69) is 31.1 Å². The lowest BCUT2D eigenvalue weighted by atomic mass is 10.1. The second-order valence-electron chi connectivity index (χ2n) is 5.44. The van der Waals surface area contributed by atoms with Crippen molar-refractivity contribution in [2.45, 2.75) is 52.6 Å². The molecule has 0 fully saturated rings. The van der Waals surface area contributed by atoms with Crippen molar-refractivity contribution >= 4 is 11.3 Å². The maximum absolute atomic E-state index is 11.9. The van der Waals surface area contributed by atoms with Gasteiger partial charge >= 0.3 is 0 Å². The first kappa shape index (κ1) is 16.5. The van der Waals surface area contributed by atoms with Crippen LogP contribution in [-0.4, -0.2) is 30.2 Å². The number of rotatable bonds is 7. The third kappa shape index (κ3) is 6.94. The summed E-state index contributed by atoms with van der Waals surface area (Å²) in [7, 11) is 0. The Kier molecular flexibility index (Phi) is 6.29. The molecule has 0 aliphatic heterocycles. The molecule has 0 aliphatic rings. The molecule has 3 nitrogen and oxygen atoms in total. The minimum absolute atomic E-state index is 0.0664. The second kappa shape index (κ2) is 7.26. The van der Waals surface area contributed by atoms with Gasteiger partial charge in [-0.05, 0) is 27.7 Å². The van der Waals surface area contributed by atoms with Crippen LogP contribution in [0.1, 0.15) is 36.3 Å². The van der Waals surface area contributed by atoms with Gasteiger partial charge in [0.2, 0.25) is 0 Å². The van der Waals surface area contributed by atoms with Crippen LogP contribution in [0.15, 0.2) is 0 Å². The number of ether oxygens (including phenoxy) is 1. The summed E-state index contributed by atoms with van der Waals surface area (Å²) in [6, 6.07) is 0. The predicted octanol–water partition coefficient (Wildman–Crippen LogP) is 3.16. The van der Waals surface area contributed by atoms with Gasteiger partial charge in [0, 0.05) is 23.4 Å². The van der Waals surface area contributed by atoms with Gasteiger partial charge in [-0.1, -0.05) is 0 Å². The van der Waals surface area contributed by atoms with Gasteiger partial charge in [0.1, 0.15) is 6.61 Å². The van der Waals surface area contributed by atoms with E-state index < -0.39 is 13.0 Å². The van der Waals surface area contributed by atoms with Crippen LogP contribution >= 0.6 is 11.3 Å². The van der Waals surface area contributed by atoms with Crippen LogP contribution in [0, 0.1) is 6.92 Å². The van der Waals surface area contributed by atoms with Crippen LogP contribution in [0.3, 0.4) is 0 Å². The summed E-state index contributed by atoms with van der Waals surface area (Å²) in [5.41, 5.74) is 1.07. The highest BCUT2D eigenvalue weighted by Crippen LogP contribution is 2.19. The Morgan fingerprint density at radius 1 is 1.37 bits per heavy atom. The summed E-state index contributed by atoms with van der Waals surface area (Å²) in [5, 5.41) is 4.36. The highest BCUT2D eigenvalue weighted by Gasteiger charge is 2.12. The fraction of sp³-hybridized carbons (Fsp3) is 0.769. The Bertz CT molecular complexity index is 388. The number of alkyl halides is 2. The molecular formula is C13H22F2N2OS. The molecule has 19 heavy (non-hydrogen) atoms. The highest BCUT2D eigenvalue weighted by atomic mass is 32.1. The monoisotopic (exact) mass is 292 g/mol. The number of hydrogen-bond donors (Lipinski definition) is 1. The number of nitrogens with one attached hydrogen (secondary N) is 1. The van der Waals surface area contributed by atoms with Gasteiger partial charge in [-0.2, -0.15) is 0 Å². The molecule has 0 amide bonds. The minimum atomic E-state index is -2.40. The second-order valence-corrected chi connectivity index (χ2v) is 6.60. The van der Waals surface area contributed by atoms with Crippen molar-refractivity contribution in [3.8, 4) is 0 Å². The SMILES string of the molecule is Cc1nc(CCOCC(F)F)sc1CNC(C)(C)C. The average Bonchev–Trinajstić information content (AvgIpc) is 2.61. The van der Waals surface area contributed by atoms with Crippen molar-refractivity contribution in [2.24, 2.45) is 0 Å².